The second-order valence-electron chi connectivity index (χ2n) is 4.93. The zero-order chi connectivity index (χ0) is 16.4. The topological polar surface area (TPSA) is 49.8 Å². The molecule has 6 heteroatoms. The van der Waals surface area contributed by atoms with Crippen LogP contribution in [-0.2, 0) is 0 Å². The number of nitrogens with one attached hydrogen (secondary N) is 2. The lowest BCUT2D eigenvalue weighted by atomic mass is 10.3. The Balaban J connectivity index is 2.02. The first-order chi connectivity index (χ1) is 11.0. The van der Waals surface area contributed by atoms with E-state index in [1.165, 1.54) is 4.68 Å². The molecule has 0 aliphatic rings. The van der Waals surface area contributed by atoms with E-state index in [0.717, 1.165) is 5.69 Å². The van der Waals surface area contributed by atoms with E-state index in [1.54, 1.807) is 24.4 Å². The number of anilines is 1. The predicted octanol–water partition coefficient (Wildman–Crippen LogP) is 2.73. The van der Waals surface area contributed by atoms with Crippen LogP contribution in [0.3, 0.4) is 0 Å². The van der Waals surface area contributed by atoms with Crippen LogP contribution in [0.5, 0.6) is 0 Å². The molecule has 0 aliphatic heterocycles. The summed E-state index contributed by atoms with van der Waals surface area (Å²) in [6, 6.07) is 14.4. The highest BCUT2D eigenvalue weighted by Gasteiger charge is 2.04. The molecule has 0 radical (unpaired) electrons. The van der Waals surface area contributed by atoms with Gasteiger partial charge < -0.3 is 5.32 Å². The Kier molecular flexibility index (Phi) is 4.28. The van der Waals surface area contributed by atoms with Crippen molar-refractivity contribution in [1.82, 2.24) is 9.78 Å². The summed E-state index contributed by atoms with van der Waals surface area (Å²) in [7, 11) is 0. The molecule has 3 rings (SSSR count). The quantitative estimate of drug-likeness (QED) is 0.766. The van der Waals surface area contributed by atoms with Gasteiger partial charge in [0, 0.05) is 21.9 Å². The fraction of sp³-hybridized carbons (Fsp3) is 0. The summed E-state index contributed by atoms with van der Waals surface area (Å²) >= 11 is 11.9. The van der Waals surface area contributed by atoms with Crippen molar-refractivity contribution in [2.45, 2.75) is 0 Å². The molecule has 0 saturated carbocycles. The molecule has 0 atom stereocenters. The lowest BCUT2D eigenvalue weighted by Crippen LogP contribution is -2.34. The van der Waals surface area contributed by atoms with E-state index >= 15 is 0 Å². The minimum absolute atomic E-state index is 0.193. The molecule has 4 nitrogen and oxygen atoms in total. The van der Waals surface area contributed by atoms with Crippen LogP contribution in [0.4, 0.5) is 5.69 Å². The van der Waals surface area contributed by atoms with Crippen molar-refractivity contribution in [2.24, 2.45) is 0 Å². The molecule has 2 N–H and O–H groups in total. The minimum atomic E-state index is -0.193. The standard InChI is InChI=1S/C17H13Cl2N3O/c1-11-16(10-20-14-8-12(18)7-13(19)9-14)17(23)22(21-11)15-5-3-2-4-6-15/h2-10,20-21H,1H2/b16-10-. The highest BCUT2D eigenvalue weighted by Crippen LogP contribution is 2.22. The number of nitrogens with zero attached hydrogens (tertiary/aromatic N) is 1. The molecule has 116 valence electrons. The SMILES string of the molecule is C=c1[nH]n(-c2ccccc2)c(=O)/c1=C\Nc1cc(Cl)cc(Cl)c1. The van der Waals surface area contributed by atoms with E-state index in [0.29, 0.717) is 26.3 Å². The van der Waals surface area contributed by atoms with E-state index in [9.17, 15) is 4.79 Å². The fourth-order valence-electron chi connectivity index (χ4n) is 2.20. The summed E-state index contributed by atoms with van der Waals surface area (Å²) < 4.78 is 1.45. The first-order valence-corrected chi connectivity index (χ1v) is 7.58. The van der Waals surface area contributed by atoms with Gasteiger partial charge in [-0.3, -0.25) is 9.89 Å². The summed E-state index contributed by atoms with van der Waals surface area (Å²) in [6.45, 7) is 3.88. The second kappa shape index (κ2) is 6.36. The van der Waals surface area contributed by atoms with Crippen molar-refractivity contribution in [1.29, 1.82) is 0 Å². The van der Waals surface area contributed by atoms with E-state index < -0.39 is 0 Å². The van der Waals surface area contributed by atoms with Crippen molar-refractivity contribution in [3.05, 3.63) is 79.5 Å². The average Bonchev–Trinajstić information content (AvgIpc) is 2.80. The number of hydrogen-bond acceptors (Lipinski definition) is 2. The monoisotopic (exact) mass is 345 g/mol. The van der Waals surface area contributed by atoms with Crippen LogP contribution in [0.2, 0.25) is 10.0 Å². The van der Waals surface area contributed by atoms with E-state index in [4.69, 9.17) is 23.2 Å². The van der Waals surface area contributed by atoms with Gasteiger partial charge in [-0.15, -0.1) is 0 Å². The average molecular weight is 346 g/mol. The van der Waals surface area contributed by atoms with E-state index in [1.807, 2.05) is 30.3 Å². The van der Waals surface area contributed by atoms with Crippen molar-refractivity contribution < 1.29 is 0 Å². The number of hydrogen-bond donors (Lipinski definition) is 2. The van der Waals surface area contributed by atoms with Crippen LogP contribution in [-0.4, -0.2) is 9.78 Å². The normalized spacial score (nSPS) is 11.7. The first-order valence-electron chi connectivity index (χ1n) is 6.83. The number of rotatable bonds is 3. The lowest BCUT2D eigenvalue weighted by Gasteiger charge is -2.01. The lowest BCUT2D eigenvalue weighted by molar-refractivity contribution is 0.838. The van der Waals surface area contributed by atoms with Crippen LogP contribution in [0.25, 0.3) is 18.5 Å². The van der Waals surface area contributed by atoms with Crippen molar-refractivity contribution in [3.63, 3.8) is 0 Å². The molecule has 1 aromatic heterocycles. The summed E-state index contributed by atoms with van der Waals surface area (Å²) in [6.07, 6.45) is 1.59. The van der Waals surface area contributed by atoms with Crippen LogP contribution >= 0.6 is 23.2 Å². The smallest absolute Gasteiger partial charge is 0.280 e. The van der Waals surface area contributed by atoms with E-state index in [2.05, 4.69) is 17.0 Å². The Morgan fingerprint density at radius 1 is 1.09 bits per heavy atom. The third kappa shape index (κ3) is 3.33. The third-order valence-electron chi connectivity index (χ3n) is 3.27. The molecular formula is C17H13Cl2N3O. The first kappa shape index (κ1) is 15.5. The molecule has 1 heterocycles. The molecule has 0 fully saturated rings. The number of para-hydroxylation sites is 1. The number of aromatic nitrogens is 2. The van der Waals surface area contributed by atoms with Crippen LogP contribution < -0.4 is 21.4 Å². The van der Waals surface area contributed by atoms with E-state index in [-0.39, 0.29) is 5.56 Å². The Morgan fingerprint density at radius 2 is 1.74 bits per heavy atom. The highest BCUT2D eigenvalue weighted by atomic mass is 35.5. The molecule has 2 aromatic carbocycles. The number of aromatic amines is 1. The molecule has 3 aromatic rings. The zero-order valence-corrected chi connectivity index (χ0v) is 13.5. The molecule has 23 heavy (non-hydrogen) atoms. The summed E-state index contributed by atoms with van der Waals surface area (Å²) in [4.78, 5) is 12.5. The van der Waals surface area contributed by atoms with Gasteiger partial charge in [-0.1, -0.05) is 48.0 Å². The maximum atomic E-state index is 12.5. The van der Waals surface area contributed by atoms with Gasteiger partial charge in [0.25, 0.3) is 5.56 Å². The van der Waals surface area contributed by atoms with Gasteiger partial charge in [0.15, 0.2) is 0 Å². The number of benzene rings is 2. The Morgan fingerprint density at radius 3 is 2.39 bits per heavy atom. The predicted molar refractivity (Wildman–Crippen MR) is 95.7 cm³/mol. The maximum Gasteiger partial charge on any atom is 0.280 e. The second-order valence-corrected chi connectivity index (χ2v) is 5.80. The van der Waals surface area contributed by atoms with Gasteiger partial charge >= 0.3 is 0 Å². The molecule has 0 amide bonds. The van der Waals surface area contributed by atoms with Gasteiger partial charge in [-0.2, -0.15) is 0 Å². The molecule has 0 spiro atoms. The fourth-order valence-corrected chi connectivity index (χ4v) is 2.72. The summed E-state index contributed by atoms with van der Waals surface area (Å²) in [5.74, 6) is 0. The Bertz CT molecular complexity index is 986. The van der Waals surface area contributed by atoms with Gasteiger partial charge in [-0.05, 0) is 30.3 Å². The van der Waals surface area contributed by atoms with Gasteiger partial charge in [0.05, 0.1) is 16.3 Å². The summed E-state index contributed by atoms with van der Waals surface area (Å²) in [5.41, 5.74) is 1.24. The molecule has 0 unspecified atom stereocenters. The molecular weight excluding hydrogens is 333 g/mol. The van der Waals surface area contributed by atoms with Crippen molar-refractivity contribution in [3.8, 4) is 5.69 Å². The van der Waals surface area contributed by atoms with Crippen molar-refractivity contribution >= 4 is 41.7 Å². The number of H-pyrrole nitrogens is 1. The molecule has 0 saturated heterocycles. The van der Waals surface area contributed by atoms with Crippen LogP contribution in [0.1, 0.15) is 0 Å². The highest BCUT2D eigenvalue weighted by molar-refractivity contribution is 6.35. The van der Waals surface area contributed by atoms with Crippen molar-refractivity contribution in [2.75, 3.05) is 5.32 Å². The minimum Gasteiger partial charge on any atom is -0.361 e. The Labute approximate surface area is 142 Å². The van der Waals surface area contributed by atoms with Crippen LogP contribution in [0, 0.1) is 0 Å². The zero-order valence-electron chi connectivity index (χ0n) is 12.0. The van der Waals surface area contributed by atoms with Gasteiger partial charge in [0.1, 0.15) is 0 Å². The van der Waals surface area contributed by atoms with Crippen LogP contribution in [0.15, 0.2) is 53.3 Å². The van der Waals surface area contributed by atoms with Gasteiger partial charge in [0.2, 0.25) is 0 Å². The maximum absolute atomic E-state index is 12.5. The summed E-state index contributed by atoms with van der Waals surface area (Å²) in [5, 5.41) is 7.95. The number of halogens is 2. The largest absolute Gasteiger partial charge is 0.361 e. The van der Waals surface area contributed by atoms with Gasteiger partial charge in [-0.25, -0.2) is 4.68 Å². The molecule has 0 aliphatic carbocycles. The third-order valence-corrected chi connectivity index (χ3v) is 3.70. The molecule has 0 bridgehead atoms. The Hall–Kier alpha value is -2.43.